The first-order chi connectivity index (χ1) is 21.4. The number of fused-ring (bicyclic) bond motifs is 1. The van der Waals surface area contributed by atoms with E-state index in [4.69, 9.17) is 13.7 Å². The molecule has 9 nitrogen and oxygen atoms in total. The summed E-state index contributed by atoms with van der Waals surface area (Å²) in [7, 11) is -4.19. The molecule has 45 heavy (non-hydrogen) atoms. The minimum absolute atomic E-state index is 0.0729. The van der Waals surface area contributed by atoms with Crippen LogP contribution in [-0.2, 0) is 20.3 Å². The molecule has 3 N–H and O–H groups in total. The fourth-order valence-corrected chi connectivity index (χ4v) is 5.06. The summed E-state index contributed by atoms with van der Waals surface area (Å²) in [5, 5.41) is 6.39. The van der Waals surface area contributed by atoms with Crippen LogP contribution in [0.3, 0.4) is 0 Å². The van der Waals surface area contributed by atoms with Gasteiger partial charge < -0.3 is 19.8 Å². The van der Waals surface area contributed by atoms with Gasteiger partial charge in [0.15, 0.2) is 0 Å². The maximum absolute atomic E-state index is 13.7. The summed E-state index contributed by atoms with van der Waals surface area (Å²) in [6.07, 6.45) is -1.01. The number of hydrogen-bond donors (Lipinski definition) is 3. The van der Waals surface area contributed by atoms with Crippen LogP contribution in [0.15, 0.2) is 108 Å². The monoisotopic (exact) mass is 626 g/mol. The van der Waals surface area contributed by atoms with Crippen molar-refractivity contribution in [3.63, 3.8) is 0 Å². The van der Waals surface area contributed by atoms with Gasteiger partial charge >= 0.3 is 0 Å². The van der Waals surface area contributed by atoms with Crippen LogP contribution < -0.4 is 15.4 Å². The fourth-order valence-electron chi connectivity index (χ4n) is 4.70. The number of para-hydroxylation sites is 1. The summed E-state index contributed by atoms with van der Waals surface area (Å²) < 4.78 is 42.8. The van der Waals surface area contributed by atoms with Gasteiger partial charge in [0.1, 0.15) is 17.1 Å². The third-order valence-corrected chi connectivity index (χ3v) is 7.92. The molecule has 0 saturated heterocycles. The second-order valence-electron chi connectivity index (χ2n) is 11.7. The summed E-state index contributed by atoms with van der Waals surface area (Å²) in [4.78, 5) is 26.0. The van der Waals surface area contributed by atoms with E-state index in [0.717, 1.165) is 27.9 Å². The molecule has 0 spiro atoms. The summed E-state index contributed by atoms with van der Waals surface area (Å²) >= 11 is 0. The van der Waals surface area contributed by atoms with Crippen molar-refractivity contribution in [3.8, 4) is 17.1 Å². The number of furan rings is 1. The standard InChI is InChI=1S/C35H34N2O7S/c1-35(2,3)27-14-8-24(9-15-27)32(43-29-18-12-25(13-19-29)33(38)36-20-21-45(40,41)42)34(39)37-28-16-10-23(11-17-28)31-22-26-6-4-5-7-30(26)44-31/h4-19,22,32H,20-21H2,1-3H3,(H,36,38)(H,37,39)(H,40,41,42). The molecule has 1 aromatic heterocycles. The van der Waals surface area contributed by atoms with E-state index in [1.165, 1.54) is 12.1 Å². The van der Waals surface area contributed by atoms with E-state index in [2.05, 4.69) is 31.4 Å². The largest absolute Gasteiger partial charge is 0.476 e. The normalized spacial score (nSPS) is 12.4. The van der Waals surface area contributed by atoms with Crippen molar-refractivity contribution in [2.45, 2.75) is 32.3 Å². The Hall–Kier alpha value is -4.93. The molecule has 1 heterocycles. The fraction of sp³-hybridized carbons (Fsp3) is 0.200. The van der Waals surface area contributed by atoms with E-state index in [-0.39, 0.29) is 23.4 Å². The van der Waals surface area contributed by atoms with Crippen molar-refractivity contribution in [1.29, 1.82) is 0 Å². The van der Waals surface area contributed by atoms with Crippen LogP contribution in [0.4, 0.5) is 5.69 Å². The molecule has 0 saturated carbocycles. The van der Waals surface area contributed by atoms with Gasteiger partial charge in [-0.05, 0) is 71.6 Å². The Morgan fingerprint density at radius 1 is 0.889 bits per heavy atom. The predicted molar refractivity (Wildman–Crippen MR) is 174 cm³/mol. The number of anilines is 1. The molecule has 5 aromatic rings. The Kier molecular flexibility index (Phi) is 9.08. The minimum atomic E-state index is -4.19. The van der Waals surface area contributed by atoms with Gasteiger partial charge in [-0.3, -0.25) is 14.1 Å². The van der Waals surface area contributed by atoms with Crippen molar-refractivity contribution in [3.05, 3.63) is 120 Å². The van der Waals surface area contributed by atoms with Crippen molar-refractivity contribution in [2.75, 3.05) is 17.6 Å². The van der Waals surface area contributed by atoms with Crippen LogP contribution in [0.25, 0.3) is 22.3 Å². The molecule has 5 rings (SSSR count). The lowest BCUT2D eigenvalue weighted by Crippen LogP contribution is -2.29. The second-order valence-corrected chi connectivity index (χ2v) is 13.2. The third-order valence-electron chi connectivity index (χ3n) is 7.20. The van der Waals surface area contributed by atoms with Gasteiger partial charge in [0.25, 0.3) is 21.9 Å². The molecule has 4 aromatic carbocycles. The van der Waals surface area contributed by atoms with Crippen LogP contribution in [-0.4, -0.2) is 37.1 Å². The zero-order chi connectivity index (χ0) is 32.2. The number of carbonyl (C=O) groups is 2. The van der Waals surface area contributed by atoms with Gasteiger partial charge in [0.05, 0.1) is 5.75 Å². The molecule has 1 unspecified atom stereocenters. The van der Waals surface area contributed by atoms with E-state index < -0.39 is 27.9 Å². The van der Waals surface area contributed by atoms with Crippen LogP contribution in [0.2, 0.25) is 0 Å². The van der Waals surface area contributed by atoms with Gasteiger partial charge in [-0.15, -0.1) is 0 Å². The zero-order valence-corrected chi connectivity index (χ0v) is 25.9. The highest BCUT2D eigenvalue weighted by atomic mass is 32.2. The third kappa shape index (κ3) is 8.17. The van der Waals surface area contributed by atoms with E-state index >= 15 is 0 Å². The van der Waals surface area contributed by atoms with E-state index in [1.54, 1.807) is 24.3 Å². The lowest BCUT2D eigenvalue weighted by molar-refractivity contribution is -0.123. The van der Waals surface area contributed by atoms with Crippen LogP contribution in [0.1, 0.15) is 48.4 Å². The van der Waals surface area contributed by atoms with Crippen molar-refractivity contribution >= 4 is 38.6 Å². The number of ether oxygens (including phenoxy) is 1. The molecule has 0 aliphatic carbocycles. The second kappa shape index (κ2) is 13.0. The maximum atomic E-state index is 13.7. The zero-order valence-electron chi connectivity index (χ0n) is 25.1. The molecular formula is C35H34N2O7S. The van der Waals surface area contributed by atoms with E-state index in [0.29, 0.717) is 17.0 Å². The van der Waals surface area contributed by atoms with Crippen molar-refractivity contribution < 1.29 is 31.7 Å². The smallest absolute Gasteiger partial charge is 0.270 e. The number of benzene rings is 4. The quantitative estimate of drug-likeness (QED) is 0.146. The topological polar surface area (TPSA) is 135 Å². The Balaban J connectivity index is 1.33. The molecule has 1 atom stereocenters. The number of amides is 2. The Morgan fingerprint density at radius 3 is 2.18 bits per heavy atom. The Morgan fingerprint density at radius 2 is 1.56 bits per heavy atom. The van der Waals surface area contributed by atoms with Gasteiger partial charge in [0.2, 0.25) is 6.10 Å². The van der Waals surface area contributed by atoms with Gasteiger partial charge in [-0.2, -0.15) is 8.42 Å². The van der Waals surface area contributed by atoms with Gasteiger partial charge in [-0.25, -0.2) is 0 Å². The summed E-state index contributed by atoms with van der Waals surface area (Å²) in [5.74, 6) is -0.409. The summed E-state index contributed by atoms with van der Waals surface area (Å²) in [6, 6.07) is 30.9. The molecule has 0 aliphatic heterocycles. The molecule has 232 valence electrons. The van der Waals surface area contributed by atoms with Crippen molar-refractivity contribution in [1.82, 2.24) is 5.32 Å². The predicted octanol–water partition coefficient (Wildman–Crippen LogP) is 6.77. The lowest BCUT2D eigenvalue weighted by atomic mass is 9.86. The first-order valence-electron chi connectivity index (χ1n) is 14.4. The maximum Gasteiger partial charge on any atom is 0.270 e. The number of rotatable bonds is 10. The van der Waals surface area contributed by atoms with Gasteiger partial charge in [0, 0.05) is 34.3 Å². The summed E-state index contributed by atoms with van der Waals surface area (Å²) in [6.45, 7) is 6.09. The molecule has 0 radical (unpaired) electrons. The van der Waals surface area contributed by atoms with Gasteiger partial charge in [-0.1, -0.05) is 63.2 Å². The highest BCUT2D eigenvalue weighted by molar-refractivity contribution is 7.85. The number of nitrogens with one attached hydrogen (secondary N) is 2. The van der Waals surface area contributed by atoms with Crippen LogP contribution >= 0.6 is 0 Å². The number of hydrogen-bond acceptors (Lipinski definition) is 6. The van der Waals surface area contributed by atoms with E-state index in [1.807, 2.05) is 66.7 Å². The first kappa shape index (κ1) is 31.5. The molecular weight excluding hydrogens is 592 g/mol. The molecule has 0 fully saturated rings. The van der Waals surface area contributed by atoms with E-state index in [9.17, 15) is 18.0 Å². The molecule has 0 aliphatic rings. The minimum Gasteiger partial charge on any atom is -0.476 e. The van der Waals surface area contributed by atoms with Crippen LogP contribution in [0.5, 0.6) is 5.75 Å². The molecule has 10 heteroatoms. The van der Waals surface area contributed by atoms with Crippen molar-refractivity contribution in [2.24, 2.45) is 0 Å². The average Bonchev–Trinajstić information content (AvgIpc) is 3.44. The first-order valence-corrected chi connectivity index (χ1v) is 16.0. The number of carbonyl (C=O) groups excluding carboxylic acids is 2. The average molecular weight is 627 g/mol. The lowest BCUT2D eigenvalue weighted by Gasteiger charge is -2.22. The highest BCUT2D eigenvalue weighted by Crippen LogP contribution is 2.30. The van der Waals surface area contributed by atoms with Crippen LogP contribution in [0, 0.1) is 0 Å². The summed E-state index contributed by atoms with van der Waals surface area (Å²) in [5.41, 5.74) is 4.19. The molecule has 0 bridgehead atoms. The highest BCUT2D eigenvalue weighted by Gasteiger charge is 2.24. The Bertz CT molecular complexity index is 1870. The SMILES string of the molecule is CC(C)(C)c1ccc(C(Oc2ccc(C(=O)NCCS(=O)(=O)O)cc2)C(=O)Nc2ccc(-c3cc4ccccc4o3)cc2)cc1. The Labute approximate surface area is 262 Å². The molecule has 2 amide bonds.